The van der Waals surface area contributed by atoms with E-state index < -0.39 is 5.54 Å². The third kappa shape index (κ3) is 3.76. The molecule has 0 saturated heterocycles. The first-order chi connectivity index (χ1) is 10.1. The Kier molecular flexibility index (Phi) is 5.05. The molecule has 1 saturated carbocycles. The number of benzene rings is 1. The fourth-order valence-electron chi connectivity index (χ4n) is 1.92. The van der Waals surface area contributed by atoms with Crippen LogP contribution in [0.15, 0.2) is 28.8 Å². The van der Waals surface area contributed by atoms with Crippen LogP contribution >= 0.6 is 24.0 Å². The number of carbonyl (C=O) groups excluding carboxylic acids is 1. The lowest BCUT2D eigenvalue weighted by molar-refractivity contribution is -0.123. The highest BCUT2D eigenvalue weighted by Gasteiger charge is 2.45. The van der Waals surface area contributed by atoms with Gasteiger partial charge in [0.1, 0.15) is 0 Å². The summed E-state index contributed by atoms with van der Waals surface area (Å²) in [4.78, 5) is 15.9. The highest BCUT2D eigenvalue weighted by atomic mass is 35.5. The molecule has 0 radical (unpaired) electrons. The summed E-state index contributed by atoms with van der Waals surface area (Å²) in [7, 11) is 0. The molecule has 2 aromatic rings. The highest BCUT2D eigenvalue weighted by Crippen LogP contribution is 2.32. The quantitative estimate of drug-likeness (QED) is 0.866. The number of nitrogens with zero attached hydrogens (tertiary/aromatic N) is 2. The summed E-state index contributed by atoms with van der Waals surface area (Å²) in [6.45, 7) is 0.426. The molecule has 0 spiro atoms. The third-order valence-corrected chi connectivity index (χ3v) is 3.65. The van der Waals surface area contributed by atoms with E-state index in [0.717, 1.165) is 18.4 Å². The van der Waals surface area contributed by atoms with Gasteiger partial charge in [0.25, 0.3) is 0 Å². The van der Waals surface area contributed by atoms with Gasteiger partial charge in [0, 0.05) is 23.6 Å². The van der Waals surface area contributed by atoms with Gasteiger partial charge in [0.15, 0.2) is 0 Å². The number of nitrogens with one attached hydrogen (secondary N) is 1. The van der Waals surface area contributed by atoms with E-state index in [2.05, 4.69) is 15.5 Å². The van der Waals surface area contributed by atoms with Crippen molar-refractivity contribution in [2.45, 2.75) is 24.8 Å². The molecule has 3 rings (SSSR count). The van der Waals surface area contributed by atoms with E-state index in [-0.39, 0.29) is 18.3 Å². The molecule has 22 heavy (non-hydrogen) atoms. The molecule has 1 amide bonds. The zero-order chi connectivity index (χ0) is 14.9. The van der Waals surface area contributed by atoms with Crippen LogP contribution in [0.2, 0.25) is 5.02 Å². The van der Waals surface area contributed by atoms with Gasteiger partial charge >= 0.3 is 0 Å². The molecule has 1 aliphatic carbocycles. The lowest BCUT2D eigenvalue weighted by atomic mass is 10.2. The van der Waals surface area contributed by atoms with E-state index >= 15 is 0 Å². The van der Waals surface area contributed by atoms with E-state index in [4.69, 9.17) is 21.9 Å². The van der Waals surface area contributed by atoms with Gasteiger partial charge in [-0.2, -0.15) is 4.98 Å². The predicted molar refractivity (Wildman–Crippen MR) is 84.9 cm³/mol. The second kappa shape index (κ2) is 6.64. The van der Waals surface area contributed by atoms with Crippen LogP contribution in [-0.2, 0) is 11.2 Å². The number of hydrogen-bond donors (Lipinski definition) is 2. The molecular weight excluding hydrogens is 327 g/mol. The number of rotatable bonds is 5. The molecule has 0 unspecified atom stereocenters. The SMILES string of the molecule is Cl.NC1(C(=O)NCCc2nc(-c3cccc(Cl)c3)no2)CC1. The summed E-state index contributed by atoms with van der Waals surface area (Å²) in [5.41, 5.74) is 5.93. The summed E-state index contributed by atoms with van der Waals surface area (Å²) in [5, 5.41) is 7.30. The Hall–Kier alpha value is -1.63. The Morgan fingerprint density at radius 3 is 2.91 bits per heavy atom. The third-order valence-electron chi connectivity index (χ3n) is 3.42. The minimum Gasteiger partial charge on any atom is -0.354 e. The van der Waals surface area contributed by atoms with E-state index in [0.29, 0.717) is 29.7 Å². The molecule has 1 fully saturated rings. The maximum atomic E-state index is 11.7. The van der Waals surface area contributed by atoms with E-state index in [1.165, 1.54) is 0 Å². The molecule has 0 aliphatic heterocycles. The number of aromatic nitrogens is 2. The van der Waals surface area contributed by atoms with Crippen LogP contribution in [0.4, 0.5) is 0 Å². The van der Waals surface area contributed by atoms with Crippen LogP contribution in [0.25, 0.3) is 11.4 Å². The van der Waals surface area contributed by atoms with Gasteiger partial charge in [0.05, 0.1) is 5.54 Å². The Morgan fingerprint density at radius 2 is 2.23 bits per heavy atom. The fraction of sp³-hybridized carbons (Fsp3) is 0.357. The fourth-order valence-corrected chi connectivity index (χ4v) is 2.11. The van der Waals surface area contributed by atoms with Crippen molar-refractivity contribution in [3.05, 3.63) is 35.2 Å². The number of halogens is 2. The molecule has 1 aromatic heterocycles. The largest absolute Gasteiger partial charge is 0.354 e. The Morgan fingerprint density at radius 1 is 1.45 bits per heavy atom. The molecule has 8 heteroatoms. The first-order valence-corrected chi connectivity index (χ1v) is 7.10. The number of hydrogen-bond acceptors (Lipinski definition) is 5. The topological polar surface area (TPSA) is 94.0 Å². The molecule has 6 nitrogen and oxygen atoms in total. The number of nitrogens with two attached hydrogens (primary N) is 1. The van der Waals surface area contributed by atoms with Gasteiger partial charge in [0.2, 0.25) is 17.6 Å². The molecule has 1 aromatic carbocycles. The molecule has 1 heterocycles. The molecule has 1 aliphatic rings. The van der Waals surface area contributed by atoms with Crippen LogP contribution in [0, 0.1) is 0 Å². The van der Waals surface area contributed by atoms with Crippen molar-refractivity contribution >= 4 is 29.9 Å². The summed E-state index contributed by atoms with van der Waals surface area (Å²) in [6, 6.07) is 7.23. The Balaban J connectivity index is 0.00000176. The summed E-state index contributed by atoms with van der Waals surface area (Å²) < 4.78 is 5.16. The second-order valence-corrected chi connectivity index (χ2v) is 5.62. The number of amides is 1. The zero-order valence-corrected chi connectivity index (χ0v) is 13.3. The van der Waals surface area contributed by atoms with Crippen molar-refractivity contribution in [3.63, 3.8) is 0 Å². The van der Waals surface area contributed by atoms with Crippen molar-refractivity contribution in [3.8, 4) is 11.4 Å². The van der Waals surface area contributed by atoms with Crippen molar-refractivity contribution in [2.75, 3.05) is 6.54 Å². The molecule has 0 bridgehead atoms. The van der Waals surface area contributed by atoms with Crippen LogP contribution in [0.3, 0.4) is 0 Å². The number of carbonyl (C=O) groups is 1. The monoisotopic (exact) mass is 342 g/mol. The first kappa shape index (κ1) is 16.7. The smallest absolute Gasteiger partial charge is 0.240 e. The van der Waals surface area contributed by atoms with Crippen LogP contribution in [-0.4, -0.2) is 28.1 Å². The average molecular weight is 343 g/mol. The predicted octanol–water partition coefficient (Wildman–Crippen LogP) is 1.96. The van der Waals surface area contributed by atoms with Gasteiger partial charge in [-0.3, -0.25) is 4.79 Å². The minimum atomic E-state index is -0.652. The maximum absolute atomic E-state index is 11.7. The zero-order valence-electron chi connectivity index (χ0n) is 11.7. The van der Waals surface area contributed by atoms with Gasteiger partial charge in [-0.25, -0.2) is 0 Å². The van der Waals surface area contributed by atoms with E-state index in [9.17, 15) is 4.79 Å². The van der Waals surface area contributed by atoms with Gasteiger partial charge < -0.3 is 15.6 Å². The van der Waals surface area contributed by atoms with Crippen LogP contribution in [0.5, 0.6) is 0 Å². The Bertz CT molecular complexity index is 670. The molecule has 3 N–H and O–H groups in total. The molecule has 118 valence electrons. The standard InChI is InChI=1S/C14H15ClN4O2.ClH/c15-10-3-1-2-9(8-10)12-18-11(21-19-12)4-7-17-13(20)14(16)5-6-14;/h1-3,8H,4-7,16H2,(H,17,20);1H. The Labute approximate surface area is 138 Å². The average Bonchev–Trinajstić information content (AvgIpc) is 3.04. The molecular formula is C14H16Cl2N4O2. The van der Waals surface area contributed by atoms with Crippen LogP contribution < -0.4 is 11.1 Å². The van der Waals surface area contributed by atoms with E-state index in [1.807, 2.05) is 12.1 Å². The maximum Gasteiger partial charge on any atom is 0.240 e. The first-order valence-electron chi connectivity index (χ1n) is 6.72. The van der Waals surface area contributed by atoms with Crippen molar-refractivity contribution < 1.29 is 9.32 Å². The van der Waals surface area contributed by atoms with Gasteiger partial charge in [-0.1, -0.05) is 28.9 Å². The minimum absolute atomic E-state index is 0. The van der Waals surface area contributed by atoms with Crippen molar-refractivity contribution in [1.29, 1.82) is 0 Å². The lowest BCUT2D eigenvalue weighted by Crippen LogP contribution is -2.43. The van der Waals surface area contributed by atoms with Crippen molar-refractivity contribution in [1.82, 2.24) is 15.5 Å². The summed E-state index contributed by atoms with van der Waals surface area (Å²) in [5.74, 6) is 0.834. The van der Waals surface area contributed by atoms with Gasteiger partial charge in [-0.15, -0.1) is 12.4 Å². The summed E-state index contributed by atoms with van der Waals surface area (Å²) >= 11 is 5.92. The van der Waals surface area contributed by atoms with E-state index in [1.54, 1.807) is 12.1 Å². The van der Waals surface area contributed by atoms with Crippen molar-refractivity contribution in [2.24, 2.45) is 5.73 Å². The molecule has 0 atom stereocenters. The second-order valence-electron chi connectivity index (χ2n) is 5.18. The normalized spacial score (nSPS) is 15.0. The van der Waals surface area contributed by atoms with Gasteiger partial charge in [-0.05, 0) is 25.0 Å². The highest BCUT2D eigenvalue weighted by molar-refractivity contribution is 6.30. The van der Waals surface area contributed by atoms with Crippen LogP contribution in [0.1, 0.15) is 18.7 Å². The lowest BCUT2D eigenvalue weighted by Gasteiger charge is -2.08. The summed E-state index contributed by atoms with van der Waals surface area (Å²) in [6.07, 6.45) is 1.96.